The predicted octanol–water partition coefficient (Wildman–Crippen LogP) is 5.52. The summed E-state index contributed by atoms with van der Waals surface area (Å²) < 4.78 is 0. The molecule has 0 bridgehead atoms. The Morgan fingerprint density at radius 3 is 1.87 bits per heavy atom. The van der Waals surface area contributed by atoms with Gasteiger partial charge in [-0.15, -0.1) is 0 Å². The van der Waals surface area contributed by atoms with Crippen molar-refractivity contribution in [2.75, 3.05) is 0 Å². The van der Waals surface area contributed by atoms with Crippen LogP contribution < -0.4 is 0 Å². The van der Waals surface area contributed by atoms with Gasteiger partial charge in [0.1, 0.15) is 0 Å². The largest absolute Gasteiger partial charge is 0.0654 e. The number of rotatable bonds is 7. The molecule has 0 N–H and O–H groups in total. The van der Waals surface area contributed by atoms with Gasteiger partial charge in [-0.25, -0.2) is 0 Å². The van der Waals surface area contributed by atoms with Gasteiger partial charge in [-0.1, -0.05) is 67.7 Å². The predicted molar refractivity (Wildman–Crippen MR) is 71.1 cm³/mol. The van der Waals surface area contributed by atoms with Crippen molar-refractivity contribution in [1.29, 1.82) is 0 Å². The Bertz CT molecular complexity index is 161. The molecule has 0 nitrogen and oxygen atoms in total. The van der Waals surface area contributed by atoms with Gasteiger partial charge in [0.25, 0.3) is 0 Å². The van der Waals surface area contributed by atoms with Crippen LogP contribution in [-0.4, -0.2) is 0 Å². The van der Waals surface area contributed by atoms with E-state index in [4.69, 9.17) is 0 Å². The molecule has 0 aliphatic heterocycles. The summed E-state index contributed by atoms with van der Waals surface area (Å²) in [6.45, 7) is 16.8. The van der Waals surface area contributed by atoms with E-state index in [2.05, 4.69) is 48.5 Å². The second-order valence-corrected chi connectivity index (χ2v) is 5.79. The summed E-state index contributed by atoms with van der Waals surface area (Å²) in [5.74, 6) is 2.56. The first-order chi connectivity index (χ1) is 6.92. The minimum atomic E-state index is 0.553. The lowest BCUT2D eigenvalue weighted by atomic mass is 9.65. The molecular formula is C15H32. The lowest BCUT2D eigenvalue weighted by Crippen LogP contribution is -2.32. The number of hydrogen-bond acceptors (Lipinski definition) is 0. The second-order valence-electron chi connectivity index (χ2n) is 5.79. The van der Waals surface area contributed by atoms with Gasteiger partial charge in [0.15, 0.2) is 0 Å². The Labute approximate surface area is 97.8 Å². The van der Waals surface area contributed by atoms with Gasteiger partial charge in [-0.2, -0.15) is 0 Å². The highest BCUT2D eigenvalue weighted by atomic mass is 14.4. The van der Waals surface area contributed by atoms with E-state index in [1.54, 1.807) is 0 Å². The first-order valence-electron chi connectivity index (χ1n) is 6.92. The average molecular weight is 212 g/mol. The maximum atomic E-state index is 2.49. The smallest absolute Gasteiger partial charge is 0.0300 e. The van der Waals surface area contributed by atoms with E-state index >= 15 is 0 Å². The van der Waals surface area contributed by atoms with Crippen LogP contribution in [0.5, 0.6) is 0 Å². The van der Waals surface area contributed by atoms with Crippen molar-refractivity contribution < 1.29 is 0 Å². The van der Waals surface area contributed by atoms with E-state index in [1.807, 2.05) is 0 Å². The van der Waals surface area contributed by atoms with Gasteiger partial charge < -0.3 is 0 Å². The zero-order chi connectivity index (χ0) is 12.1. The van der Waals surface area contributed by atoms with Gasteiger partial charge in [0.2, 0.25) is 0 Å². The summed E-state index contributed by atoms with van der Waals surface area (Å²) in [6.07, 6.45) is 5.34. The van der Waals surface area contributed by atoms with Gasteiger partial charge in [0.05, 0.1) is 0 Å². The standard InChI is InChI=1S/C15H32/c1-8-11-15(7,10-3)14(6)13(5)12(4)9-2/h12-14H,8-11H2,1-7H3. The molecule has 0 spiro atoms. The van der Waals surface area contributed by atoms with Crippen LogP contribution in [0.25, 0.3) is 0 Å². The van der Waals surface area contributed by atoms with Crippen LogP contribution in [-0.2, 0) is 0 Å². The van der Waals surface area contributed by atoms with Gasteiger partial charge in [-0.3, -0.25) is 0 Å². The fourth-order valence-corrected chi connectivity index (χ4v) is 2.80. The fraction of sp³-hybridized carbons (Fsp3) is 1.00. The molecule has 4 unspecified atom stereocenters. The molecule has 0 saturated heterocycles. The van der Waals surface area contributed by atoms with Crippen molar-refractivity contribution >= 4 is 0 Å². The normalized spacial score (nSPS) is 21.8. The SMILES string of the molecule is CCCC(C)(CC)C(C)C(C)C(C)CC. The minimum Gasteiger partial charge on any atom is -0.0654 e. The van der Waals surface area contributed by atoms with Crippen molar-refractivity contribution in [2.24, 2.45) is 23.2 Å². The molecule has 0 aliphatic carbocycles. The van der Waals surface area contributed by atoms with Crippen molar-refractivity contribution in [3.63, 3.8) is 0 Å². The number of hydrogen-bond donors (Lipinski definition) is 0. The van der Waals surface area contributed by atoms with Crippen LogP contribution in [0.2, 0.25) is 0 Å². The van der Waals surface area contributed by atoms with E-state index in [0.29, 0.717) is 5.41 Å². The molecule has 0 rings (SSSR count). The summed E-state index contributed by atoms with van der Waals surface area (Å²) in [4.78, 5) is 0. The van der Waals surface area contributed by atoms with Crippen LogP contribution in [0.1, 0.15) is 74.1 Å². The van der Waals surface area contributed by atoms with Crippen LogP contribution >= 0.6 is 0 Å². The third-order valence-electron chi connectivity index (χ3n) is 5.06. The highest BCUT2D eigenvalue weighted by Crippen LogP contribution is 2.42. The van der Waals surface area contributed by atoms with Crippen molar-refractivity contribution in [3.8, 4) is 0 Å². The van der Waals surface area contributed by atoms with Crippen LogP contribution in [0, 0.1) is 23.2 Å². The summed E-state index contributed by atoms with van der Waals surface area (Å²) in [6, 6.07) is 0. The quantitative estimate of drug-likeness (QED) is 0.521. The molecule has 0 radical (unpaired) electrons. The molecule has 0 amide bonds. The van der Waals surface area contributed by atoms with Gasteiger partial charge in [-0.05, 0) is 29.6 Å². The maximum Gasteiger partial charge on any atom is -0.0300 e. The Balaban J connectivity index is 4.55. The lowest BCUT2D eigenvalue weighted by molar-refractivity contribution is 0.0935. The van der Waals surface area contributed by atoms with Crippen molar-refractivity contribution in [2.45, 2.75) is 74.1 Å². The topological polar surface area (TPSA) is 0 Å². The fourth-order valence-electron chi connectivity index (χ4n) is 2.80. The summed E-state index contributed by atoms with van der Waals surface area (Å²) >= 11 is 0. The monoisotopic (exact) mass is 212 g/mol. The summed E-state index contributed by atoms with van der Waals surface area (Å²) in [7, 11) is 0. The van der Waals surface area contributed by atoms with E-state index in [0.717, 1.165) is 17.8 Å². The lowest BCUT2D eigenvalue weighted by Gasteiger charge is -2.40. The van der Waals surface area contributed by atoms with Gasteiger partial charge >= 0.3 is 0 Å². The molecule has 0 aromatic heterocycles. The van der Waals surface area contributed by atoms with Crippen LogP contribution in [0.4, 0.5) is 0 Å². The Morgan fingerprint density at radius 1 is 1.00 bits per heavy atom. The average Bonchev–Trinajstić information content (AvgIpc) is 2.26. The van der Waals surface area contributed by atoms with Crippen LogP contribution in [0.3, 0.4) is 0 Å². The first-order valence-corrected chi connectivity index (χ1v) is 6.92. The maximum absolute atomic E-state index is 2.49. The molecular weight excluding hydrogens is 180 g/mol. The van der Waals surface area contributed by atoms with Gasteiger partial charge in [0, 0.05) is 0 Å². The van der Waals surface area contributed by atoms with Crippen LogP contribution in [0.15, 0.2) is 0 Å². The van der Waals surface area contributed by atoms with E-state index in [9.17, 15) is 0 Å². The molecule has 0 aliphatic rings. The molecule has 92 valence electrons. The molecule has 0 heterocycles. The highest BCUT2D eigenvalue weighted by molar-refractivity contribution is 4.83. The van der Waals surface area contributed by atoms with E-state index in [-0.39, 0.29) is 0 Å². The Morgan fingerprint density at radius 2 is 1.53 bits per heavy atom. The molecule has 0 aromatic carbocycles. The van der Waals surface area contributed by atoms with E-state index < -0.39 is 0 Å². The molecule has 0 fully saturated rings. The van der Waals surface area contributed by atoms with E-state index in [1.165, 1.54) is 25.7 Å². The second kappa shape index (κ2) is 6.55. The third kappa shape index (κ3) is 3.81. The highest BCUT2D eigenvalue weighted by Gasteiger charge is 2.33. The molecule has 4 atom stereocenters. The summed E-state index contributed by atoms with van der Waals surface area (Å²) in [5.41, 5.74) is 0.553. The third-order valence-corrected chi connectivity index (χ3v) is 5.06. The molecule has 0 heteroatoms. The van der Waals surface area contributed by atoms with Crippen molar-refractivity contribution in [3.05, 3.63) is 0 Å². The molecule has 0 saturated carbocycles. The zero-order valence-corrected chi connectivity index (χ0v) is 12.1. The van der Waals surface area contributed by atoms with Crippen molar-refractivity contribution in [1.82, 2.24) is 0 Å². The Hall–Kier alpha value is 0. The summed E-state index contributed by atoms with van der Waals surface area (Å²) in [5, 5.41) is 0. The minimum absolute atomic E-state index is 0.553. The zero-order valence-electron chi connectivity index (χ0n) is 12.1. The first kappa shape index (κ1) is 15.0. The molecule has 0 aromatic rings. The molecule has 15 heavy (non-hydrogen) atoms. The Kier molecular flexibility index (Phi) is 6.55.